The number of benzene rings is 1. The van der Waals surface area contributed by atoms with Crippen molar-refractivity contribution in [3.8, 4) is 0 Å². The van der Waals surface area contributed by atoms with Crippen molar-refractivity contribution in [2.75, 3.05) is 19.6 Å². The van der Waals surface area contributed by atoms with Crippen LogP contribution in [0.2, 0.25) is 0 Å². The second-order valence-corrected chi connectivity index (χ2v) is 5.21. The van der Waals surface area contributed by atoms with E-state index in [9.17, 15) is 19.2 Å². The van der Waals surface area contributed by atoms with Crippen molar-refractivity contribution in [1.82, 2.24) is 16.0 Å². The lowest BCUT2D eigenvalue weighted by molar-refractivity contribution is -0.130. The molecule has 0 heterocycles. The van der Waals surface area contributed by atoms with Gasteiger partial charge in [0.05, 0.1) is 19.6 Å². The van der Waals surface area contributed by atoms with Gasteiger partial charge in [-0.3, -0.25) is 19.2 Å². The third kappa shape index (κ3) is 13.5. The van der Waals surface area contributed by atoms with Crippen LogP contribution in [0.3, 0.4) is 0 Å². The van der Waals surface area contributed by atoms with Gasteiger partial charge in [-0.1, -0.05) is 58.0 Å². The van der Waals surface area contributed by atoms with Crippen molar-refractivity contribution in [3.63, 3.8) is 0 Å². The van der Waals surface area contributed by atoms with Gasteiger partial charge in [-0.25, -0.2) is 0 Å². The van der Waals surface area contributed by atoms with Crippen molar-refractivity contribution in [3.05, 3.63) is 35.9 Å². The highest BCUT2D eigenvalue weighted by molar-refractivity contribution is 5.92. The first kappa shape index (κ1) is 27.5. The van der Waals surface area contributed by atoms with E-state index < -0.39 is 23.8 Å². The van der Waals surface area contributed by atoms with Gasteiger partial charge in [0, 0.05) is 6.42 Å². The highest BCUT2D eigenvalue weighted by atomic mass is 16.2. The minimum Gasteiger partial charge on any atom is -0.347 e. The topological polar surface area (TPSA) is 130 Å². The van der Waals surface area contributed by atoms with Crippen LogP contribution in [0.5, 0.6) is 0 Å². The van der Waals surface area contributed by atoms with E-state index in [1.165, 1.54) is 6.92 Å². The van der Waals surface area contributed by atoms with Crippen LogP contribution < -0.4 is 21.7 Å². The molecule has 1 aromatic carbocycles. The van der Waals surface area contributed by atoms with E-state index >= 15 is 0 Å². The summed E-state index contributed by atoms with van der Waals surface area (Å²) in [4.78, 5) is 46.2. The Balaban J connectivity index is 0. The molecule has 0 aromatic heterocycles. The minimum atomic E-state index is -0.853. The SMILES string of the molecule is CC.CC.CC(=O)CNC(=O)C(Cc1ccccc1)NC(=O)CNC(=O)CN. The predicted octanol–water partition coefficient (Wildman–Crippen LogP) is 0.546. The van der Waals surface area contributed by atoms with Gasteiger partial charge in [-0.05, 0) is 12.5 Å². The Hall–Kier alpha value is -2.74. The molecule has 0 saturated carbocycles. The van der Waals surface area contributed by atoms with Gasteiger partial charge >= 0.3 is 0 Å². The fourth-order valence-corrected chi connectivity index (χ4v) is 1.89. The van der Waals surface area contributed by atoms with E-state index in [0.29, 0.717) is 0 Å². The van der Waals surface area contributed by atoms with Crippen LogP contribution in [-0.2, 0) is 25.6 Å². The number of amides is 3. The standard InChI is InChI=1S/C16H22N4O4.2C2H6/c1-11(21)9-19-16(24)13(7-12-5-3-2-4-6-12)20-15(23)10-18-14(22)8-17;2*1-2/h2-6,13H,7-10,17H2,1H3,(H,18,22)(H,19,24)(H,20,23);2*1-2H3. The maximum absolute atomic E-state index is 12.2. The molecular formula is C20H34N4O4. The lowest BCUT2D eigenvalue weighted by Crippen LogP contribution is -2.51. The largest absolute Gasteiger partial charge is 0.347 e. The lowest BCUT2D eigenvalue weighted by Gasteiger charge is -2.18. The van der Waals surface area contributed by atoms with Crippen molar-refractivity contribution in [2.24, 2.45) is 5.73 Å². The Bertz CT molecular complexity index is 591. The predicted molar refractivity (Wildman–Crippen MR) is 111 cm³/mol. The first-order valence-corrected chi connectivity index (χ1v) is 9.49. The van der Waals surface area contributed by atoms with Gasteiger partial charge in [0.2, 0.25) is 17.7 Å². The van der Waals surface area contributed by atoms with Crippen LogP contribution >= 0.6 is 0 Å². The Kier molecular flexibility index (Phi) is 17.3. The molecule has 1 unspecified atom stereocenters. The van der Waals surface area contributed by atoms with Crippen LogP contribution in [-0.4, -0.2) is 49.2 Å². The molecule has 0 spiro atoms. The summed E-state index contributed by atoms with van der Waals surface area (Å²) in [6, 6.07) is 8.29. The monoisotopic (exact) mass is 394 g/mol. The highest BCUT2D eigenvalue weighted by Crippen LogP contribution is 2.03. The van der Waals surface area contributed by atoms with E-state index in [1.54, 1.807) is 0 Å². The zero-order valence-electron chi connectivity index (χ0n) is 17.5. The molecule has 0 bridgehead atoms. The third-order valence-corrected chi connectivity index (χ3v) is 3.08. The number of rotatable bonds is 9. The summed E-state index contributed by atoms with van der Waals surface area (Å²) in [6.45, 7) is 8.75. The Labute approximate surface area is 167 Å². The molecule has 1 aromatic rings. The van der Waals surface area contributed by atoms with Crippen molar-refractivity contribution >= 4 is 23.5 Å². The highest BCUT2D eigenvalue weighted by Gasteiger charge is 2.21. The summed E-state index contributed by atoms with van der Waals surface area (Å²) >= 11 is 0. The number of hydrogen-bond acceptors (Lipinski definition) is 5. The zero-order valence-corrected chi connectivity index (χ0v) is 17.5. The molecule has 158 valence electrons. The maximum atomic E-state index is 12.2. The van der Waals surface area contributed by atoms with Gasteiger partial charge in [0.1, 0.15) is 11.8 Å². The van der Waals surface area contributed by atoms with Crippen LogP contribution in [0.4, 0.5) is 0 Å². The first-order chi connectivity index (χ1) is 13.4. The summed E-state index contributed by atoms with van der Waals surface area (Å²) < 4.78 is 0. The summed E-state index contributed by atoms with van der Waals surface area (Å²) in [7, 11) is 0. The van der Waals surface area contributed by atoms with Gasteiger partial charge in [0.25, 0.3) is 0 Å². The Morgan fingerprint density at radius 1 is 0.893 bits per heavy atom. The average Bonchev–Trinajstić information content (AvgIpc) is 2.73. The summed E-state index contributed by atoms with van der Waals surface area (Å²) in [5.41, 5.74) is 5.99. The van der Waals surface area contributed by atoms with E-state index in [-0.39, 0.29) is 31.8 Å². The first-order valence-electron chi connectivity index (χ1n) is 9.49. The molecule has 8 nitrogen and oxygen atoms in total. The number of Topliss-reactive ketones (excluding diaryl/α,β-unsaturated/α-hetero) is 1. The molecule has 1 rings (SSSR count). The molecule has 1 atom stereocenters. The summed E-state index contributed by atoms with van der Waals surface area (Å²) in [6.07, 6.45) is 0.265. The smallest absolute Gasteiger partial charge is 0.243 e. The van der Waals surface area contributed by atoms with Gasteiger partial charge in [-0.2, -0.15) is 0 Å². The van der Waals surface area contributed by atoms with E-state index in [2.05, 4.69) is 16.0 Å². The lowest BCUT2D eigenvalue weighted by atomic mass is 10.1. The molecule has 28 heavy (non-hydrogen) atoms. The number of nitrogens with one attached hydrogen (secondary N) is 3. The minimum absolute atomic E-state index is 0.107. The van der Waals surface area contributed by atoms with Crippen LogP contribution in [0, 0.1) is 0 Å². The van der Waals surface area contributed by atoms with Crippen LogP contribution in [0.15, 0.2) is 30.3 Å². The summed E-state index contributed by atoms with van der Waals surface area (Å²) in [5, 5.41) is 7.35. The summed E-state index contributed by atoms with van der Waals surface area (Å²) in [5.74, 6) is -1.64. The number of carbonyl (C=O) groups excluding carboxylic acids is 4. The third-order valence-electron chi connectivity index (χ3n) is 3.08. The van der Waals surface area contributed by atoms with Crippen LogP contribution in [0.1, 0.15) is 40.2 Å². The van der Waals surface area contributed by atoms with Crippen molar-refractivity contribution in [2.45, 2.75) is 47.1 Å². The van der Waals surface area contributed by atoms with E-state index in [4.69, 9.17) is 5.73 Å². The Morgan fingerprint density at radius 2 is 1.46 bits per heavy atom. The van der Waals surface area contributed by atoms with Gasteiger partial charge in [0.15, 0.2) is 0 Å². The molecule has 0 aliphatic rings. The van der Waals surface area contributed by atoms with Crippen molar-refractivity contribution < 1.29 is 19.2 Å². The fourth-order valence-electron chi connectivity index (χ4n) is 1.89. The molecule has 5 N–H and O–H groups in total. The number of hydrogen-bond donors (Lipinski definition) is 4. The average molecular weight is 395 g/mol. The maximum Gasteiger partial charge on any atom is 0.243 e. The number of carbonyl (C=O) groups is 4. The quantitative estimate of drug-likeness (QED) is 0.486. The fraction of sp³-hybridized carbons (Fsp3) is 0.500. The number of nitrogens with two attached hydrogens (primary N) is 1. The van der Waals surface area contributed by atoms with Gasteiger partial charge < -0.3 is 21.7 Å². The molecule has 0 aliphatic carbocycles. The van der Waals surface area contributed by atoms with E-state index in [1.807, 2.05) is 58.0 Å². The van der Waals surface area contributed by atoms with Gasteiger partial charge in [-0.15, -0.1) is 0 Å². The molecule has 8 heteroatoms. The van der Waals surface area contributed by atoms with Crippen LogP contribution in [0.25, 0.3) is 0 Å². The second kappa shape index (κ2) is 17.7. The molecule has 0 saturated heterocycles. The molecule has 3 amide bonds. The molecule has 0 radical (unpaired) electrons. The van der Waals surface area contributed by atoms with Crippen molar-refractivity contribution in [1.29, 1.82) is 0 Å². The van der Waals surface area contributed by atoms with E-state index in [0.717, 1.165) is 5.56 Å². The molecular weight excluding hydrogens is 360 g/mol. The normalized spacial score (nSPS) is 10.1. The second-order valence-electron chi connectivity index (χ2n) is 5.21. The molecule has 0 fully saturated rings. The number of ketones is 1. The Morgan fingerprint density at radius 3 is 1.96 bits per heavy atom. The zero-order chi connectivity index (χ0) is 21.9. The molecule has 0 aliphatic heterocycles.